The molecule has 0 unspecified atom stereocenters. The predicted octanol–water partition coefficient (Wildman–Crippen LogP) is 4.97. The molecule has 4 rings (SSSR count). The van der Waals surface area contributed by atoms with Crippen molar-refractivity contribution in [1.82, 2.24) is 0 Å². The van der Waals surface area contributed by atoms with Crippen LogP contribution in [0.25, 0.3) is 0 Å². The first-order valence-corrected chi connectivity index (χ1v) is 11.8. The number of rotatable bonds is 7. The molecule has 33 heavy (non-hydrogen) atoms. The van der Waals surface area contributed by atoms with Gasteiger partial charge in [-0.25, -0.2) is 4.79 Å². The van der Waals surface area contributed by atoms with Crippen LogP contribution in [0.2, 0.25) is 0 Å². The van der Waals surface area contributed by atoms with Crippen LogP contribution in [0.3, 0.4) is 0 Å². The molecule has 170 valence electrons. The zero-order valence-electron chi connectivity index (χ0n) is 18.5. The van der Waals surface area contributed by atoms with Gasteiger partial charge in [0.25, 0.3) is 5.91 Å². The van der Waals surface area contributed by atoms with Gasteiger partial charge in [0, 0.05) is 17.5 Å². The summed E-state index contributed by atoms with van der Waals surface area (Å²) in [7, 11) is 0. The average Bonchev–Trinajstić information content (AvgIpc) is 3.16. The summed E-state index contributed by atoms with van der Waals surface area (Å²) in [6, 6.07) is 17.6. The highest BCUT2D eigenvalue weighted by Gasteiger charge is 2.27. The van der Waals surface area contributed by atoms with Crippen LogP contribution >= 0.6 is 11.3 Å². The second-order valence-electron chi connectivity index (χ2n) is 8.04. The molecule has 6 nitrogen and oxygen atoms in total. The highest BCUT2D eigenvalue weighted by Crippen LogP contribution is 2.38. The fourth-order valence-electron chi connectivity index (χ4n) is 4.03. The first-order valence-electron chi connectivity index (χ1n) is 11.0. The van der Waals surface area contributed by atoms with E-state index in [1.165, 1.54) is 18.3 Å². The molecule has 0 radical (unpaired) electrons. The molecule has 0 spiro atoms. The van der Waals surface area contributed by atoms with Gasteiger partial charge in [0.15, 0.2) is 6.61 Å². The van der Waals surface area contributed by atoms with Crippen molar-refractivity contribution in [2.75, 3.05) is 17.2 Å². The van der Waals surface area contributed by atoms with E-state index in [-0.39, 0.29) is 5.91 Å². The summed E-state index contributed by atoms with van der Waals surface area (Å²) in [4.78, 5) is 38.2. The van der Waals surface area contributed by atoms with E-state index in [0.29, 0.717) is 22.7 Å². The first-order chi connectivity index (χ1) is 16.0. The lowest BCUT2D eigenvalue weighted by molar-refractivity contribution is -0.119. The number of hydrogen-bond donors (Lipinski definition) is 2. The predicted molar refractivity (Wildman–Crippen MR) is 130 cm³/mol. The van der Waals surface area contributed by atoms with Crippen molar-refractivity contribution in [3.63, 3.8) is 0 Å². The Bertz CT molecular complexity index is 1170. The summed E-state index contributed by atoms with van der Waals surface area (Å²) in [5.41, 5.74) is 4.13. The molecule has 2 aromatic carbocycles. The van der Waals surface area contributed by atoms with Crippen molar-refractivity contribution in [1.29, 1.82) is 0 Å². The van der Waals surface area contributed by atoms with E-state index in [1.807, 2.05) is 54.6 Å². The number of esters is 1. The molecule has 3 aromatic rings. The van der Waals surface area contributed by atoms with Crippen molar-refractivity contribution < 1.29 is 19.1 Å². The maximum Gasteiger partial charge on any atom is 0.341 e. The van der Waals surface area contributed by atoms with Gasteiger partial charge in [-0.05, 0) is 54.9 Å². The largest absolute Gasteiger partial charge is 0.452 e. The third kappa shape index (κ3) is 5.68. The monoisotopic (exact) mass is 462 g/mol. The lowest BCUT2D eigenvalue weighted by atomic mass is 9.95. The van der Waals surface area contributed by atoms with Crippen LogP contribution in [-0.2, 0) is 33.6 Å². The number of carbonyl (C=O) groups excluding carboxylic acids is 3. The summed E-state index contributed by atoms with van der Waals surface area (Å²) in [5, 5.41) is 6.11. The van der Waals surface area contributed by atoms with Crippen molar-refractivity contribution in [2.45, 2.75) is 39.0 Å². The van der Waals surface area contributed by atoms with E-state index < -0.39 is 18.5 Å². The Kier molecular flexibility index (Phi) is 7.19. The van der Waals surface area contributed by atoms with Gasteiger partial charge in [-0.3, -0.25) is 9.59 Å². The van der Waals surface area contributed by atoms with E-state index in [2.05, 4.69) is 10.6 Å². The van der Waals surface area contributed by atoms with Crippen molar-refractivity contribution in [3.05, 3.63) is 81.7 Å². The lowest BCUT2D eigenvalue weighted by Gasteiger charge is -2.13. The Morgan fingerprint density at radius 2 is 1.67 bits per heavy atom. The molecule has 1 heterocycles. The van der Waals surface area contributed by atoms with Crippen LogP contribution in [0.4, 0.5) is 10.7 Å². The number of thiophene rings is 1. The minimum absolute atomic E-state index is 0.240. The smallest absolute Gasteiger partial charge is 0.341 e. The minimum atomic E-state index is -0.578. The summed E-state index contributed by atoms with van der Waals surface area (Å²) < 4.78 is 5.37. The number of carbonyl (C=O) groups is 3. The third-order valence-electron chi connectivity index (χ3n) is 5.53. The molecule has 2 N–H and O–H groups in total. The molecule has 7 heteroatoms. The van der Waals surface area contributed by atoms with Crippen molar-refractivity contribution in [2.24, 2.45) is 0 Å². The van der Waals surface area contributed by atoms with Crippen LogP contribution in [0.15, 0.2) is 54.6 Å². The van der Waals surface area contributed by atoms with Gasteiger partial charge in [0.05, 0.1) is 5.56 Å². The van der Waals surface area contributed by atoms with Crippen LogP contribution in [0.1, 0.15) is 51.7 Å². The minimum Gasteiger partial charge on any atom is -0.452 e. The normalized spacial score (nSPS) is 12.5. The van der Waals surface area contributed by atoms with E-state index in [4.69, 9.17) is 4.74 Å². The van der Waals surface area contributed by atoms with Gasteiger partial charge in [-0.15, -0.1) is 11.3 Å². The van der Waals surface area contributed by atoms with Crippen LogP contribution < -0.4 is 10.6 Å². The first kappa shape index (κ1) is 22.7. The van der Waals surface area contributed by atoms with Gasteiger partial charge in [0.2, 0.25) is 5.91 Å². The van der Waals surface area contributed by atoms with Crippen LogP contribution in [0.5, 0.6) is 0 Å². The molecule has 2 amide bonds. The Balaban J connectivity index is 1.43. The van der Waals surface area contributed by atoms with Gasteiger partial charge in [-0.1, -0.05) is 48.5 Å². The fraction of sp³-hybridized carbons (Fsp3) is 0.269. The molecule has 0 bridgehead atoms. The zero-order chi connectivity index (χ0) is 23.2. The number of nitrogens with one attached hydrogen (secondary N) is 2. The zero-order valence-corrected chi connectivity index (χ0v) is 19.3. The average molecular weight is 463 g/mol. The van der Waals surface area contributed by atoms with Gasteiger partial charge >= 0.3 is 5.97 Å². The summed E-state index contributed by atoms with van der Waals surface area (Å²) in [5.74, 6) is -1.23. The molecule has 1 aliphatic carbocycles. The quantitative estimate of drug-likeness (QED) is 0.486. The SMILES string of the molecule is CC(=O)Nc1sc2c(c1C(=O)OCC(=O)Nc1ccccc1Cc1ccccc1)CCCC2. The van der Waals surface area contributed by atoms with Crippen molar-refractivity contribution in [3.8, 4) is 0 Å². The highest BCUT2D eigenvalue weighted by molar-refractivity contribution is 7.17. The second-order valence-corrected chi connectivity index (χ2v) is 9.15. The molecule has 0 aliphatic heterocycles. The number of hydrogen-bond acceptors (Lipinski definition) is 5. The van der Waals surface area contributed by atoms with Gasteiger partial charge < -0.3 is 15.4 Å². The molecule has 0 saturated heterocycles. The van der Waals surface area contributed by atoms with E-state index in [0.717, 1.165) is 47.3 Å². The maximum atomic E-state index is 12.9. The Morgan fingerprint density at radius 1 is 0.939 bits per heavy atom. The summed E-state index contributed by atoms with van der Waals surface area (Å²) in [6.07, 6.45) is 4.39. The van der Waals surface area contributed by atoms with E-state index in [1.54, 1.807) is 0 Å². The third-order valence-corrected chi connectivity index (χ3v) is 6.74. The van der Waals surface area contributed by atoms with Gasteiger partial charge in [0.1, 0.15) is 5.00 Å². The number of ether oxygens (including phenoxy) is 1. The number of para-hydroxylation sites is 1. The summed E-state index contributed by atoms with van der Waals surface area (Å²) in [6.45, 7) is 1.01. The second kappa shape index (κ2) is 10.4. The maximum absolute atomic E-state index is 12.9. The Morgan fingerprint density at radius 3 is 2.45 bits per heavy atom. The molecular formula is C26H26N2O4S. The lowest BCUT2D eigenvalue weighted by Crippen LogP contribution is -2.22. The molecule has 1 aliphatic rings. The Hall–Kier alpha value is -3.45. The molecular weight excluding hydrogens is 436 g/mol. The number of fused-ring (bicyclic) bond motifs is 1. The molecule has 0 fully saturated rings. The molecule has 0 saturated carbocycles. The summed E-state index contributed by atoms with van der Waals surface area (Å²) >= 11 is 1.42. The van der Waals surface area contributed by atoms with Crippen LogP contribution in [-0.4, -0.2) is 24.4 Å². The Labute approximate surface area is 197 Å². The van der Waals surface area contributed by atoms with Crippen LogP contribution in [0, 0.1) is 0 Å². The number of aryl methyl sites for hydroxylation is 1. The van der Waals surface area contributed by atoms with Crippen molar-refractivity contribution >= 4 is 39.8 Å². The topological polar surface area (TPSA) is 84.5 Å². The number of anilines is 2. The van der Waals surface area contributed by atoms with E-state index >= 15 is 0 Å². The molecule has 0 atom stereocenters. The standard InChI is InChI=1S/C26H26N2O4S/c1-17(29)27-25-24(20-12-6-8-14-22(20)33-25)26(31)32-16-23(30)28-21-13-7-5-11-19(21)15-18-9-3-2-4-10-18/h2-5,7,9-11,13H,6,8,12,14-16H2,1H3,(H,27,29)(H,28,30). The fourth-order valence-corrected chi connectivity index (χ4v) is 5.35. The molecule has 1 aromatic heterocycles. The number of amides is 2. The highest BCUT2D eigenvalue weighted by atomic mass is 32.1. The van der Waals surface area contributed by atoms with Gasteiger partial charge in [-0.2, -0.15) is 0 Å². The van der Waals surface area contributed by atoms with E-state index in [9.17, 15) is 14.4 Å². The number of benzene rings is 2.